The molecule has 1 amide bonds. The third kappa shape index (κ3) is 4.22. The third-order valence-electron chi connectivity index (χ3n) is 5.60. The molecule has 0 atom stereocenters. The van der Waals surface area contributed by atoms with Gasteiger partial charge in [-0.3, -0.25) is 4.79 Å². The number of nitrogens with two attached hydrogens (primary N) is 1. The van der Waals surface area contributed by atoms with Gasteiger partial charge in [0.1, 0.15) is 9.71 Å². The summed E-state index contributed by atoms with van der Waals surface area (Å²) in [6, 6.07) is 10.5. The van der Waals surface area contributed by atoms with E-state index in [1.165, 1.54) is 47.4 Å². The minimum Gasteiger partial charge on any atom is -0.397 e. The summed E-state index contributed by atoms with van der Waals surface area (Å²) >= 11 is 1.36. The lowest BCUT2D eigenvalue weighted by Gasteiger charge is -2.30. The summed E-state index contributed by atoms with van der Waals surface area (Å²) in [4.78, 5) is 21.0. The summed E-state index contributed by atoms with van der Waals surface area (Å²) < 4.78 is 0. The molecular formula is C23H28N4OS. The highest BCUT2D eigenvalue weighted by Gasteiger charge is 2.17. The Labute approximate surface area is 175 Å². The monoisotopic (exact) mass is 408 g/mol. The van der Waals surface area contributed by atoms with E-state index in [9.17, 15) is 4.79 Å². The second kappa shape index (κ2) is 8.41. The van der Waals surface area contributed by atoms with Gasteiger partial charge in [0.25, 0.3) is 5.91 Å². The molecule has 0 saturated carbocycles. The van der Waals surface area contributed by atoms with E-state index in [-0.39, 0.29) is 5.91 Å². The van der Waals surface area contributed by atoms with Gasteiger partial charge in [-0.25, -0.2) is 4.98 Å². The first-order valence-corrected chi connectivity index (χ1v) is 11.1. The smallest absolute Gasteiger partial charge is 0.263 e. The Morgan fingerprint density at radius 1 is 1.17 bits per heavy atom. The SMILES string of the molecule is Cc1ccc2c(N)c(C(=O)NCCc3ccc(N4CCCCC4)c(C)c3)sc2n1. The summed E-state index contributed by atoms with van der Waals surface area (Å²) in [6.07, 6.45) is 4.70. The summed E-state index contributed by atoms with van der Waals surface area (Å²) in [5.41, 5.74) is 11.5. The largest absolute Gasteiger partial charge is 0.397 e. The molecule has 152 valence electrons. The molecule has 1 fully saturated rings. The topological polar surface area (TPSA) is 71.2 Å². The Morgan fingerprint density at radius 2 is 1.97 bits per heavy atom. The number of carbonyl (C=O) groups is 1. The van der Waals surface area contributed by atoms with E-state index in [1.807, 2.05) is 19.1 Å². The molecule has 29 heavy (non-hydrogen) atoms. The van der Waals surface area contributed by atoms with Gasteiger partial charge in [0.15, 0.2) is 0 Å². The normalized spacial score (nSPS) is 14.3. The van der Waals surface area contributed by atoms with Crippen molar-refractivity contribution in [3.63, 3.8) is 0 Å². The van der Waals surface area contributed by atoms with Crippen molar-refractivity contribution < 1.29 is 4.79 Å². The number of amides is 1. The number of anilines is 2. The standard InChI is InChI=1S/C23H28N4OS/c1-15-14-17(7-9-19(15)27-12-4-3-5-13-27)10-11-25-22(28)21-20(24)18-8-6-16(2)26-23(18)29-21/h6-9,14H,3-5,10-13,24H2,1-2H3,(H,25,28). The maximum Gasteiger partial charge on any atom is 0.263 e. The van der Waals surface area contributed by atoms with Crippen LogP contribution in [0.15, 0.2) is 30.3 Å². The van der Waals surface area contributed by atoms with Crippen LogP contribution in [0.1, 0.15) is 45.8 Å². The molecule has 4 rings (SSSR count). The van der Waals surface area contributed by atoms with Crippen molar-refractivity contribution >= 4 is 38.8 Å². The van der Waals surface area contributed by atoms with Gasteiger partial charge in [0, 0.05) is 36.4 Å². The first kappa shape index (κ1) is 19.7. The van der Waals surface area contributed by atoms with Crippen LogP contribution in [-0.2, 0) is 6.42 Å². The van der Waals surface area contributed by atoms with Gasteiger partial charge in [-0.2, -0.15) is 0 Å². The Balaban J connectivity index is 1.38. The van der Waals surface area contributed by atoms with Gasteiger partial charge < -0.3 is 16.0 Å². The fourth-order valence-electron chi connectivity index (χ4n) is 4.02. The number of piperidine rings is 1. The van der Waals surface area contributed by atoms with Crippen LogP contribution < -0.4 is 16.0 Å². The Bertz CT molecular complexity index is 1040. The zero-order chi connectivity index (χ0) is 20.4. The lowest BCUT2D eigenvalue weighted by atomic mass is 10.0. The molecule has 0 bridgehead atoms. The maximum absolute atomic E-state index is 12.6. The molecule has 1 aromatic carbocycles. The zero-order valence-corrected chi connectivity index (χ0v) is 17.9. The molecule has 6 heteroatoms. The average molecular weight is 409 g/mol. The molecule has 3 N–H and O–H groups in total. The highest BCUT2D eigenvalue weighted by atomic mass is 32.1. The van der Waals surface area contributed by atoms with Gasteiger partial charge in [0.2, 0.25) is 0 Å². The number of carbonyl (C=O) groups excluding carboxylic acids is 1. The molecule has 3 heterocycles. The summed E-state index contributed by atoms with van der Waals surface area (Å²) in [7, 11) is 0. The minimum absolute atomic E-state index is 0.121. The molecule has 0 aliphatic carbocycles. The van der Waals surface area contributed by atoms with Crippen molar-refractivity contribution in [2.45, 2.75) is 39.5 Å². The van der Waals surface area contributed by atoms with Crippen molar-refractivity contribution in [3.05, 3.63) is 52.0 Å². The van der Waals surface area contributed by atoms with Crippen LogP contribution in [0.4, 0.5) is 11.4 Å². The number of aromatic nitrogens is 1. The number of rotatable bonds is 5. The highest BCUT2D eigenvalue weighted by molar-refractivity contribution is 7.21. The predicted molar refractivity (Wildman–Crippen MR) is 122 cm³/mol. The number of pyridine rings is 1. The lowest BCUT2D eigenvalue weighted by molar-refractivity contribution is 0.0959. The van der Waals surface area contributed by atoms with Crippen LogP contribution in [0.5, 0.6) is 0 Å². The lowest BCUT2D eigenvalue weighted by Crippen LogP contribution is -2.30. The number of fused-ring (bicyclic) bond motifs is 1. The van der Waals surface area contributed by atoms with E-state index < -0.39 is 0 Å². The molecule has 1 aliphatic rings. The van der Waals surface area contributed by atoms with E-state index in [4.69, 9.17) is 5.73 Å². The summed E-state index contributed by atoms with van der Waals surface area (Å²) in [5, 5.41) is 3.87. The highest BCUT2D eigenvalue weighted by Crippen LogP contribution is 2.32. The van der Waals surface area contributed by atoms with Crippen LogP contribution >= 0.6 is 11.3 Å². The quantitative estimate of drug-likeness (QED) is 0.654. The first-order valence-electron chi connectivity index (χ1n) is 10.3. The molecule has 2 aromatic heterocycles. The Kier molecular flexibility index (Phi) is 5.72. The van der Waals surface area contributed by atoms with Gasteiger partial charge in [0.05, 0.1) is 5.69 Å². The molecular weight excluding hydrogens is 380 g/mol. The fraction of sp³-hybridized carbons (Fsp3) is 0.391. The van der Waals surface area contributed by atoms with E-state index in [0.29, 0.717) is 17.1 Å². The summed E-state index contributed by atoms with van der Waals surface area (Å²) in [6.45, 7) is 7.01. The van der Waals surface area contributed by atoms with Crippen molar-refractivity contribution in [1.29, 1.82) is 0 Å². The second-order valence-electron chi connectivity index (χ2n) is 7.82. The zero-order valence-electron chi connectivity index (χ0n) is 17.1. The molecule has 0 spiro atoms. The average Bonchev–Trinajstić information content (AvgIpc) is 3.04. The number of nitrogens with one attached hydrogen (secondary N) is 1. The van der Waals surface area contributed by atoms with Crippen molar-refractivity contribution in [1.82, 2.24) is 10.3 Å². The number of hydrogen-bond acceptors (Lipinski definition) is 5. The van der Waals surface area contributed by atoms with Crippen LogP contribution in [0, 0.1) is 13.8 Å². The third-order valence-corrected chi connectivity index (χ3v) is 6.71. The first-order chi connectivity index (χ1) is 14.0. The van der Waals surface area contributed by atoms with Crippen LogP contribution in [0.25, 0.3) is 10.2 Å². The van der Waals surface area contributed by atoms with Crippen molar-refractivity contribution in [2.75, 3.05) is 30.3 Å². The number of benzene rings is 1. The van der Waals surface area contributed by atoms with E-state index in [1.54, 1.807) is 0 Å². The van der Waals surface area contributed by atoms with Crippen LogP contribution in [-0.4, -0.2) is 30.5 Å². The molecule has 0 unspecified atom stereocenters. The number of nitrogens with zero attached hydrogens (tertiary/aromatic N) is 2. The molecule has 1 aliphatic heterocycles. The molecule has 0 radical (unpaired) electrons. The Hall–Kier alpha value is -2.60. The Morgan fingerprint density at radius 3 is 2.72 bits per heavy atom. The van der Waals surface area contributed by atoms with E-state index in [0.717, 1.165) is 35.4 Å². The minimum atomic E-state index is -0.121. The predicted octanol–water partition coefficient (Wildman–Crippen LogP) is 4.46. The van der Waals surface area contributed by atoms with Crippen LogP contribution in [0.3, 0.4) is 0 Å². The molecule has 3 aromatic rings. The number of hydrogen-bond donors (Lipinski definition) is 2. The van der Waals surface area contributed by atoms with Crippen LogP contribution in [0.2, 0.25) is 0 Å². The van der Waals surface area contributed by atoms with Gasteiger partial charge in [-0.15, -0.1) is 11.3 Å². The molecule has 5 nitrogen and oxygen atoms in total. The van der Waals surface area contributed by atoms with Gasteiger partial charge in [-0.1, -0.05) is 12.1 Å². The van der Waals surface area contributed by atoms with Crippen molar-refractivity contribution in [3.8, 4) is 0 Å². The molecule has 1 saturated heterocycles. The number of nitrogen functional groups attached to an aromatic ring is 1. The van der Waals surface area contributed by atoms with Crippen molar-refractivity contribution in [2.24, 2.45) is 0 Å². The maximum atomic E-state index is 12.6. The van der Waals surface area contributed by atoms with E-state index in [2.05, 4.69) is 40.3 Å². The second-order valence-corrected chi connectivity index (χ2v) is 8.82. The van der Waals surface area contributed by atoms with Gasteiger partial charge >= 0.3 is 0 Å². The van der Waals surface area contributed by atoms with Gasteiger partial charge in [-0.05, 0) is 68.9 Å². The number of aryl methyl sites for hydroxylation is 2. The van der Waals surface area contributed by atoms with E-state index >= 15 is 0 Å². The number of thiophene rings is 1. The fourth-order valence-corrected chi connectivity index (χ4v) is 5.08. The summed E-state index contributed by atoms with van der Waals surface area (Å²) in [5.74, 6) is -0.121.